The highest BCUT2D eigenvalue weighted by Gasteiger charge is 2.21. The second-order valence-electron chi connectivity index (χ2n) is 8.25. The zero-order valence-corrected chi connectivity index (χ0v) is 18.3. The maximum Gasteiger partial charge on any atom is 0.437 e. The van der Waals surface area contributed by atoms with E-state index in [9.17, 15) is 14.4 Å². The Bertz CT molecular complexity index is 622. The summed E-state index contributed by atoms with van der Waals surface area (Å²) in [5.41, 5.74) is -0.721. The number of hydrogen-bond donors (Lipinski definition) is 1. The molecule has 0 aromatic carbocycles. The third-order valence-electron chi connectivity index (χ3n) is 4.07. The van der Waals surface area contributed by atoms with Crippen molar-refractivity contribution in [1.29, 1.82) is 0 Å². The van der Waals surface area contributed by atoms with Gasteiger partial charge in [0.05, 0.1) is 0 Å². The number of amides is 2. The van der Waals surface area contributed by atoms with Crippen LogP contribution in [-0.4, -0.2) is 54.1 Å². The minimum Gasteiger partial charge on any atom is -0.457 e. The fraction of sp³-hybridized carbons (Fsp3) is 0.714. The summed E-state index contributed by atoms with van der Waals surface area (Å²) >= 11 is 0. The predicted molar refractivity (Wildman–Crippen MR) is 111 cm³/mol. The number of esters is 1. The quantitative estimate of drug-likeness (QED) is 0.485. The number of nitrogens with zero attached hydrogens (tertiary/aromatic N) is 2. The molecule has 0 saturated heterocycles. The molecule has 8 heteroatoms. The molecule has 0 aliphatic carbocycles. The zero-order valence-electron chi connectivity index (χ0n) is 18.3. The first-order valence-corrected chi connectivity index (χ1v) is 10.3. The molecule has 0 aromatic rings. The van der Waals surface area contributed by atoms with Crippen molar-refractivity contribution in [3.63, 3.8) is 0 Å². The van der Waals surface area contributed by atoms with E-state index in [1.165, 1.54) is 4.90 Å². The Morgan fingerprint density at radius 2 is 1.86 bits per heavy atom. The number of carbonyl (C=O) groups is 3. The van der Waals surface area contributed by atoms with E-state index >= 15 is 0 Å². The van der Waals surface area contributed by atoms with Crippen molar-refractivity contribution >= 4 is 23.9 Å². The number of cyclic esters (lactones) is 1. The van der Waals surface area contributed by atoms with Crippen LogP contribution in [0.4, 0.5) is 4.79 Å². The number of rotatable bonds is 0. The second-order valence-corrected chi connectivity index (χ2v) is 8.25. The SMILES string of the molecule is CC1/C=C/CCCCCCCC(=O)N/C(=N/C(=O)OC(C)(C)C)N(C)CC(=O)O1. The third kappa shape index (κ3) is 11.9. The number of ether oxygens (including phenoxy) is 2. The minimum absolute atomic E-state index is 0.0336. The molecule has 0 bridgehead atoms. The number of aliphatic imine (C=N–C) groups is 1. The van der Waals surface area contributed by atoms with E-state index in [0.717, 1.165) is 38.5 Å². The van der Waals surface area contributed by atoms with Gasteiger partial charge in [-0.15, -0.1) is 4.99 Å². The van der Waals surface area contributed by atoms with E-state index in [-0.39, 0.29) is 24.5 Å². The molecule has 2 amide bonds. The molecular formula is C21H35N3O5. The third-order valence-corrected chi connectivity index (χ3v) is 4.07. The van der Waals surface area contributed by atoms with E-state index in [1.54, 1.807) is 34.7 Å². The average Bonchev–Trinajstić information content (AvgIpc) is 2.57. The molecule has 164 valence electrons. The molecule has 0 saturated carbocycles. The molecule has 29 heavy (non-hydrogen) atoms. The summed E-state index contributed by atoms with van der Waals surface area (Å²) in [5, 5.41) is 2.62. The average molecular weight is 410 g/mol. The number of carbonyl (C=O) groups excluding carboxylic acids is 3. The van der Waals surface area contributed by atoms with Gasteiger partial charge in [-0.1, -0.05) is 25.3 Å². The summed E-state index contributed by atoms with van der Waals surface area (Å²) in [5.74, 6) is -0.777. The summed E-state index contributed by atoms with van der Waals surface area (Å²) in [7, 11) is 1.55. The van der Waals surface area contributed by atoms with Crippen LogP contribution in [0.25, 0.3) is 0 Å². The predicted octanol–water partition coefficient (Wildman–Crippen LogP) is 3.56. The van der Waals surface area contributed by atoms with Crippen LogP contribution in [0.2, 0.25) is 0 Å². The van der Waals surface area contributed by atoms with Crippen molar-refractivity contribution in [3.05, 3.63) is 12.2 Å². The molecule has 0 radical (unpaired) electrons. The summed E-state index contributed by atoms with van der Waals surface area (Å²) in [6.07, 6.45) is 8.90. The highest BCUT2D eigenvalue weighted by Crippen LogP contribution is 2.10. The van der Waals surface area contributed by atoms with Crippen molar-refractivity contribution in [1.82, 2.24) is 10.2 Å². The summed E-state index contributed by atoms with van der Waals surface area (Å²) in [6, 6.07) is 0. The second kappa shape index (κ2) is 12.2. The van der Waals surface area contributed by atoms with Gasteiger partial charge in [-0.2, -0.15) is 0 Å². The van der Waals surface area contributed by atoms with Gasteiger partial charge in [0.25, 0.3) is 0 Å². The summed E-state index contributed by atoms with van der Waals surface area (Å²) < 4.78 is 10.5. The van der Waals surface area contributed by atoms with Crippen LogP contribution in [0.5, 0.6) is 0 Å². The van der Waals surface area contributed by atoms with E-state index in [0.29, 0.717) is 6.42 Å². The van der Waals surface area contributed by atoms with E-state index in [2.05, 4.69) is 10.3 Å². The lowest BCUT2D eigenvalue weighted by molar-refractivity contribution is -0.146. The topological polar surface area (TPSA) is 97.3 Å². The maximum absolute atomic E-state index is 12.3. The lowest BCUT2D eigenvalue weighted by atomic mass is 10.1. The number of nitrogens with one attached hydrogen (secondary N) is 1. The molecule has 0 spiro atoms. The molecule has 0 fully saturated rings. The molecule has 1 heterocycles. The Balaban J connectivity index is 2.93. The van der Waals surface area contributed by atoms with E-state index in [4.69, 9.17) is 9.47 Å². The first-order valence-electron chi connectivity index (χ1n) is 10.3. The Labute approximate surface area is 173 Å². The van der Waals surface area contributed by atoms with Crippen LogP contribution in [-0.2, 0) is 19.1 Å². The normalized spacial score (nSPS) is 23.7. The van der Waals surface area contributed by atoms with Crippen molar-refractivity contribution in [2.45, 2.75) is 84.3 Å². The highest BCUT2D eigenvalue weighted by atomic mass is 16.6. The van der Waals surface area contributed by atoms with E-state index < -0.39 is 17.7 Å². The molecule has 0 aromatic heterocycles. The summed E-state index contributed by atoms with van der Waals surface area (Å²) in [6.45, 7) is 6.80. The van der Waals surface area contributed by atoms with Gasteiger partial charge in [-0.25, -0.2) is 4.79 Å². The molecular weight excluding hydrogens is 374 g/mol. The van der Waals surface area contributed by atoms with Crippen LogP contribution in [0, 0.1) is 0 Å². The monoisotopic (exact) mass is 409 g/mol. The van der Waals surface area contributed by atoms with Crippen LogP contribution in [0.1, 0.15) is 72.6 Å². The van der Waals surface area contributed by atoms with Crippen molar-refractivity contribution < 1.29 is 23.9 Å². The van der Waals surface area contributed by atoms with E-state index in [1.807, 2.05) is 12.2 Å². The van der Waals surface area contributed by atoms with Gasteiger partial charge in [0.1, 0.15) is 18.2 Å². The first kappa shape index (κ1) is 24.7. The van der Waals surface area contributed by atoms with Gasteiger partial charge in [0.2, 0.25) is 11.9 Å². The lowest BCUT2D eigenvalue weighted by Gasteiger charge is -2.22. The molecule has 1 N–H and O–H groups in total. The van der Waals surface area contributed by atoms with Crippen molar-refractivity contribution in [3.8, 4) is 0 Å². The molecule has 8 nitrogen and oxygen atoms in total. The van der Waals surface area contributed by atoms with Gasteiger partial charge in [-0.3, -0.25) is 14.9 Å². The van der Waals surface area contributed by atoms with Crippen molar-refractivity contribution in [2.24, 2.45) is 4.99 Å². The number of hydrogen-bond acceptors (Lipinski definition) is 5. The zero-order chi connectivity index (χ0) is 21.9. The standard InChI is InChI=1S/C21H35N3O5/c1-16-13-11-9-7-6-8-10-12-14-17(25)22-19(24(5)15-18(26)28-16)23-20(27)29-21(2,3)4/h11,13,16H,6-10,12,14-15H2,1-5H3,(H,22,23,25,27)/b13-11+. The van der Waals surface area contributed by atoms with Gasteiger partial charge >= 0.3 is 12.1 Å². The fourth-order valence-corrected chi connectivity index (χ4v) is 2.69. The fourth-order valence-electron chi connectivity index (χ4n) is 2.69. The molecule has 1 aliphatic heterocycles. The van der Waals surface area contributed by atoms with Crippen LogP contribution in [0.15, 0.2) is 17.1 Å². The Morgan fingerprint density at radius 1 is 1.21 bits per heavy atom. The Hall–Kier alpha value is -2.38. The summed E-state index contributed by atoms with van der Waals surface area (Å²) in [4.78, 5) is 41.8. The Kier molecular flexibility index (Phi) is 10.4. The van der Waals surface area contributed by atoms with Gasteiger partial charge in [0, 0.05) is 13.5 Å². The van der Waals surface area contributed by atoms with Crippen LogP contribution >= 0.6 is 0 Å². The number of allylic oxidation sites excluding steroid dienone is 1. The van der Waals surface area contributed by atoms with Gasteiger partial charge < -0.3 is 14.4 Å². The van der Waals surface area contributed by atoms with Gasteiger partial charge in [-0.05, 0) is 53.0 Å². The molecule has 1 aliphatic rings. The van der Waals surface area contributed by atoms with Crippen molar-refractivity contribution in [2.75, 3.05) is 13.6 Å². The maximum atomic E-state index is 12.3. The number of likely N-dealkylation sites (N-methyl/N-ethyl adjacent to an activating group) is 1. The smallest absolute Gasteiger partial charge is 0.437 e. The highest BCUT2D eigenvalue weighted by molar-refractivity contribution is 6.01. The largest absolute Gasteiger partial charge is 0.457 e. The Morgan fingerprint density at radius 3 is 2.55 bits per heavy atom. The first-order chi connectivity index (χ1) is 13.6. The van der Waals surface area contributed by atoms with Crippen LogP contribution < -0.4 is 5.32 Å². The molecule has 1 rings (SSSR count). The molecule has 1 unspecified atom stereocenters. The lowest BCUT2D eigenvalue weighted by Crippen LogP contribution is -2.45. The van der Waals surface area contributed by atoms with Gasteiger partial charge in [0.15, 0.2) is 0 Å². The minimum atomic E-state index is -0.838. The van der Waals surface area contributed by atoms with Crippen LogP contribution in [0.3, 0.4) is 0 Å². The molecule has 1 atom stereocenters. The number of guanidine groups is 1.